The highest BCUT2D eigenvalue weighted by Gasteiger charge is 2.31. The fourth-order valence-electron chi connectivity index (χ4n) is 3.10. The summed E-state index contributed by atoms with van der Waals surface area (Å²) < 4.78 is 0. The Kier molecular flexibility index (Phi) is 4.94. The second-order valence-corrected chi connectivity index (χ2v) is 5.81. The molecule has 0 bridgehead atoms. The molecule has 106 valence electrons. The van der Waals surface area contributed by atoms with Crippen molar-refractivity contribution in [1.29, 1.82) is 0 Å². The van der Waals surface area contributed by atoms with E-state index in [4.69, 9.17) is 5.73 Å². The van der Waals surface area contributed by atoms with Gasteiger partial charge in [0, 0.05) is 13.1 Å². The third kappa shape index (κ3) is 3.54. The number of piperidine rings is 1. The van der Waals surface area contributed by atoms with Crippen LogP contribution in [-0.4, -0.2) is 23.0 Å². The fraction of sp³-hybridized carbons (Fsp3) is 0.688. The molecule has 19 heavy (non-hydrogen) atoms. The predicted octanol–water partition coefficient (Wildman–Crippen LogP) is 2.94. The molecule has 0 aliphatic carbocycles. The molecule has 1 aliphatic rings. The Labute approximate surface area is 117 Å². The maximum atomic E-state index is 5.65. The third-order valence-corrected chi connectivity index (χ3v) is 4.88. The first kappa shape index (κ1) is 14.5. The molecule has 1 aromatic heterocycles. The molecule has 3 heteroatoms. The van der Waals surface area contributed by atoms with Gasteiger partial charge in [-0.25, -0.2) is 0 Å². The largest absolute Gasteiger partial charge is 0.325 e. The number of likely N-dealkylation sites (tertiary alicyclic amines) is 1. The van der Waals surface area contributed by atoms with Crippen LogP contribution in [0.3, 0.4) is 0 Å². The Bertz CT molecular complexity index is 389. The van der Waals surface area contributed by atoms with E-state index in [0.717, 1.165) is 17.9 Å². The first-order chi connectivity index (χ1) is 9.21. The minimum absolute atomic E-state index is 0.530. The maximum Gasteiger partial charge on any atom is 0.0547 e. The molecule has 2 heterocycles. The molecule has 1 aliphatic heterocycles. The van der Waals surface area contributed by atoms with Crippen molar-refractivity contribution in [3.63, 3.8) is 0 Å². The van der Waals surface area contributed by atoms with E-state index >= 15 is 0 Å². The molecule has 0 atom stereocenters. The van der Waals surface area contributed by atoms with Crippen molar-refractivity contribution < 1.29 is 0 Å². The Morgan fingerprint density at radius 1 is 1.16 bits per heavy atom. The zero-order valence-electron chi connectivity index (χ0n) is 12.4. The summed E-state index contributed by atoms with van der Waals surface area (Å²) in [6, 6.07) is 6.18. The van der Waals surface area contributed by atoms with Crippen molar-refractivity contribution in [2.45, 2.75) is 52.6 Å². The third-order valence-electron chi connectivity index (χ3n) is 4.88. The molecule has 2 N–H and O–H groups in total. The number of nitrogens with two attached hydrogens (primary N) is 1. The minimum Gasteiger partial charge on any atom is -0.325 e. The van der Waals surface area contributed by atoms with Crippen LogP contribution in [0.1, 0.15) is 50.9 Å². The van der Waals surface area contributed by atoms with Crippen LogP contribution in [0.5, 0.6) is 0 Å². The van der Waals surface area contributed by atoms with Gasteiger partial charge in [-0.05, 0) is 43.5 Å². The van der Waals surface area contributed by atoms with Gasteiger partial charge in [0.15, 0.2) is 0 Å². The zero-order chi connectivity index (χ0) is 13.7. The number of hydrogen-bond acceptors (Lipinski definition) is 3. The molecular formula is C16H27N3. The van der Waals surface area contributed by atoms with Gasteiger partial charge in [-0.2, -0.15) is 0 Å². The van der Waals surface area contributed by atoms with Gasteiger partial charge in [-0.1, -0.05) is 32.8 Å². The second-order valence-electron chi connectivity index (χ2n) is 5.81. The van der Waals surface area contributed by atoms with Crippen LogP contribution in [0.25, 0.3) is 0 Å². The lowest BCUT2D eigenvalue weighted by Gasteiger charge is -2.41. The van der Waals surface area contributed by atoms with E-state index in [1.165, 1.54) is 38.8 Å². The van der Waals surface area contributed by atoms with E-state index in [2.05, 4.69) is 35.9 Å². The summed E-state index contributed by atoms with van der Waals surface area (Å²) in [5.74, 6) is 0. The van der Waals surface area contributed by atoms with Crippen LogP contribution >= 0.6 is 0 Å². The van der Waals surface area contributed by atoms with Gasteiger partial charge in [0.1, 0.15) is 0 Å². The van der Waals surface area contributed by atoms with E-state index in [1.807, 2.05) is 6.07 Å². The number of rotatable bonds is 5. The van der Waals surface area contributed by atoms with Crippen LogP contribution in [-0.2, 0) is 13.1 Å². The highest BCUT2D eigenvalue weighted by Crippen LogP contribution is 2.38. The monoisotopic (exact) mass is 261 g/mol. The van der Waals surface area contributed by atoms with Crippen LogP contribution in [0.4, 0.5) is 0 Å². The van der Waals surface area contributed by atoms with E-state index in [1.54, 1.807) is 0 Å². The predicted molar refractivity (Wildman–Crippen MR) is 79.7 cm³/mol. The molecule has 0 amide bonds. The van der Waals surface area contributed by atoms with Crippen molar-refractivity contribution in [2.24, 2.45) is 11.1 Å². The van der Waals surface area contributed by atoms with E-state index in [9.17, 15) is 0 Å². The fourth-order valence-corrected chi connectivity index (χ4v) is 3.10. The van der Waals surface area contributed by atoms with E-state index in [-0.39, 0.29) is 0 Å². The topological polar surface area (TPSA) is 42.1 Å². The van der Waals surface area contributed by atoms with Gasteiger partial charge in [0.05, 0.1) is 11.4 Å². The lowest BCUT2D eigenvalue weighted by atomic mass is 9.74. The summed E-state index contributed by atoms with van der Waals surface area (Å²) in [5.41, 5.74) is 8.40. The normalized spacial score (nSPS) is 19.5. The van der Waals surface area contributed by atoms with E-state index < -0.39 is 0 Å². The van der Waals surface area contributed by atoms with Gasteiger partial charge < -0.3 is 5.73 Å². The van der Waals surface area contributed by atoms with Crippen molar-refractivity contribution in [1.82, 2.24) is 9.88 Å². The van der Waals surface area contributed by atoms with Gasteiger partial charge in [-0.15, -0.1) is 0 Å². The summed E-state index contributed by atoms with van der Waals surface area (Å²) in [7, 11) is 0. The molecule has 1 aromatic rings. The quantitative estimate of drug-likeness (QED) is 0.886. The molecule has 0 saturated carbocycles. The highest BCUT2D eigenvalue weighted by atomic mass is 15.1. The lowest BCUT2D eigenvalue weighted by molar-refractivity contribution is 0.0900. The number of hydrogen-bond donors (Lipinski definition) is 1. The molecule has 0 unspecified atom stereocenters. The Morgan fingerprint density at radius 2 is 1.79 bits per heavy atom. The number of aromatic nitrogens is 1. The Morgan fingerprint density at radius 3 is 2.37 bits per heavy atom. The zero-order valence-corrected chi connectivity index (χ0v) is 12.4. The average molecular weight is 261 g/mol. The Balaban J connectivity index is 1.91. The van der Waals surface area contributed by atoms with Gasteiger partial charge in [-0.3, -0.25) is 9.88 Å². The molecule has 0 radical (unpaired) electrons. The second kappa shape index (κ2) is 6.49. The molecular weight excluding hydrogens is 234 g/mol. The summed E-state index contributed by atoms with van der Waals surface area (Å²) in [5, 5.41) is 0. The molecule has 1 saturated heterocycles. The summed E-state index contributed by atoms with van der Waals surface area (Å²) >= 11 is 0. The molecule has 2 rings (SSSR count). The van der Waals surface area contributed by atoms with Crippen molar-refractivity contribution in [2.75, 3.05) is 13.1 Å². The number of pyridine rings is 1. The maximum absolute atomic E-state index is 5.65. The SMILES string of the molecule is CCC1(CC)CCN(Cc2cccc(CN)n2)CC1. The summed E-state index contributed by atoms with van der Waals surface area (Å²) in [4.78, 5) is 7.13. The smallest absolute Gasteiger partial charge is 0.0547 e. The highest BCUT2D eigenvalue weighted by molar-refractivity contribution is 5.11. The summed E-state index contributed by atoms with van der Waals surface area (Å²) in [6.07, 6.45) is 5.30. The minimum atomic E-state index is 0.530. The van der Waals surface area contributed by atoms with Gasteiger partial charge in [0.2, 0.25) is 0 Å². The first-order valence-electron chi connectivity index (χ1n) is 7.58. The number of nitrogens with zero attached hydrogens (tertiary/aromatic N) is 2. The first-order valence-corrected chi connectivity index (χ1v) is 7.58. The van der Waals surface area contributed by atoms with Gasteiger partial charge in [0.25, 0.3) is 0 Å². The van der Waals surface area contributed by atoms with Crippen LogP contribution < -0.4 is 5.73 Å². The Hall–Kier alpha value is -0.930. The average Bonchev–Trinajstić information content (AvgIpc) is 2.48. The van der Waals surface area contributed by atoms with Crippen molar-refractivity contribution >= 4 is 0 Å². The van der Waals surface area contributed by atoms with Crippen LogP contribution in [0.2, 0.25) is 0 Å². The summed E-state index contributed by atoms with van der Waals surface area (Å²) in [6.45, 7) is 8.59. The van der Waals surface area contributed by atoms with Gasteiger partial charge >= 0.3 is 0 Å². The standard InChI is InChI=1S/C16H27N3/c1-3-16(4-2)8-10-19(11-9-16)13-15-7-5-6-14(12-17)18-15/h5-7H,3-4,8-13,17H2,1-2H3. The van der Waals surface area contributed by atoms with Crippen LogP contribution in [0, 0.1) is 5.41 Å². The van der Waals surface area contributed by atoms with Crippen molar-refractivity contribution in [3.8, 4) is 0 Å². The van der Waals surface area contributed by atoms with E-state index in [0.29, 0.717) is 12.0 Å². The molecule has 3 nitrogen and oxygen atoms in total. The molecule has 0 spiro atoms. The lowest BCUT2D eigenvalue weighted by Crippen LogP contribution is -2.39. The van der Waals surface area contributed by atoms with Crippen molar-refractivity contribution in [3.05, 3.63) is 29.6 Å². The molecule has 1 fully saturated rings. The molecule has 0 aromatic carbocycles. The van der Waals surface area contributed by atoms with Crippen LogP contribution in [0.15, 0.2) is 18.2 Å².